The normalized spacial score (nSPS) is 11.3. The Morgan fingerprint density at radius 3 is 2.26 bits per heavy atom. The lowest BCUT2D eigenvalue weighted by Crippen LogP contribution is -2.17. The van der Waals surface area contributed by atoms with Gasteiger partial charge in [0, 0.05) is 5.56 Å². The summed E-state index contributed by atoms with van der Waals surface area (Å²) < 4.78 is 41.8. The Kier molecular flexibility index (Phi) is 8.89. The van der Waals surface area contributed by atoms with Gasteiger partial charge in [-0.25, -0.2) is 5.43 Å². The van der Waals surface area contributed by atoms with Crippen molar-refractivity contribution >= 4 is 38.2 Å². The summed E-state index contributed by atoms with van der Waals surface area (Å²) >= 11 is 3.32. The van der Waals surface area contributed by atoms with Crippen molar-refractivity contribution in [1.29, 1.82) is 0 Å². The first-order valence-corrected chi connectivity index (χ1v) is 13.0. The smallest absolute Gasteiger partial charge is 0.339 e. The maximum absolute atomic E-state index is 12.5. The van der Waals surface area contributed by atoms with Crippen LogP contribution in [0.25, 0.3) is 0 Å². The summed E-state index contributed by atoms with van der Waals surface area (Å²) in [5, 5.41) is 3.98. The van der Waals surface area contributed by atoms with Crippen LogP contribution in [0.5, 0.6) is 17.2 Å². The Morgan fingerprint density at radius 1 is 0.943 bits per heavy atom. The van der Waals surface area contributed by atoms with Crippen LogP contribution in [0.1, 0.15) is 35.3 Å². The van der Waals surface area contributed by atoms with Gasteiger partial charge in [-0.15, -0.1) is 0 Å². The first-order chi connectivity index (χ1) is 16.7. The zero-order valence-electron chi connectivity index (χ0n) is 19.4. The molecule has 0 unspecified atom stereocenters. The van der Waals surface area contributed by atoms with E-state index in [1.54, 1.807) is 42.5 Å². The molecule has 3 aromatic carbocycles. The molecule has 1 amide bonds. The molecule has 35 heavy (non-hydrogen) atoms. The number of hydrazone groups is 1. The summed E-state index contributed by atoms with van der Waals surface area (Å²) in [5.41, 5.74) is 4.37. The number of carbonyl (C=O) groups is 1. The van der Waals surface area contributed by atoms with E-state index in [-0.39, 0.29) is 10.6 Å². The Balaban J connectivity index is 1.67. The van der Waals surface area contributed by atoms with E-state index in [2.05, 4.69) is 26.5 Å². The minimum Gasteiger partial charge on any atom is -0.490 e. The molecule has 0 aliphatic carbocycles. The van der Waals surface area contributed by atoms with Gasteiger partial charge >= 0.3 is 10.1 Å². The van der Waals surface area contributed by atoms with E-state index >= 15 is 0 Å². The minimum atomic E-state index is -3.98. The van der Waals surface area contributed by atoms with Crippen molar-refractivity contribution in [3.8, 4) is 17.2 Å². The summed E-state index contributed by atoms with van der Waals surface area (Å²) in [4.78, 5) is 12.5. The fourth-order valence-electron chi connectivity index (χ4n) is 2.96. The highest BCUT2D eigenvalue weighted by molar-refractivity contribution is 9.10. The second kappa shape index (κ2) is 11.9. The highest BCUT2D eigenvalue weighted by atomic mass is 79.9. The van der Waals surface area contributed by atoms with Crippen molar-refractivity contribution < 1.29 is 26.9 Å². The molecule has 0 bridgehead atoms. The van der Waals surface area contributed by atoms with E-state index in [4.69, 9.17) is 13.7 Å². The first-order valence-electron chi connectivity index (χ1n) is 10.8. The fourth-order valence-corrected chi connectivity index (χ4v) is 4.49. The number of amides is 1. The van der Waals surface area contributed by atoms with E-state index in [1.165, 1.54) is 24.4 Å². The number of nitrogens with zero attached hydrogens (tertiary/aromatic N) is 1. The maximum atomic E-state index is 12.5. The number of aryl methyl sites for hydroxylation is 1. The van der Waals surface area contributed by atoms with Gasteiger partial charge in [-0.1, -0.05) is 17.7 Å². The van der Waals surface area contributed by atoms with Crippen molar-refractivity contribution in [1.82, 2.24) is 5.43 Å². The van der Waals surface area contributed by atoms with Crippen LogP contribution in [0.15, 0.2) is 75.1 Å². The van der Waals surface area contributed by atoms with Gasteiger partial charge in [-0.2, -0.15) is 13.5 Å². The van der Waals surface area contributed by atoms with Gasteiger partial charge in [0.1, 0.15) is 4.90 Å². The van der Waals surface area contributed by atoms with Crippen molar-refractivity contribution in [2.45, 2.75) is 25.7 Å². The van der Waals surface area contributed by atoms with Gasteiger partial charge in [0.25, 0.3) is 5.91 Å². The molecule has 3 rings (SSSR count). The second-order valence-corrected chi connectivity index (χ2v) is 9.67. The number of halogens is 1. The zero-order chi connectivity index (χ0) is 25.4. The summed E-state index contributed by atoms with van der Waals surface area (Å²) in [6.45, 7) is 6.49. The van der Waals surface area contributed by atoms with E-state index in [9.17, 15) is 13.2 Å². The summed E-state index contributed by atoms with van der Waals surface area (Å²) in [7, 11) is -3.98. The lowest BCUT2D eigenvalue weighted by atomic mass is 10.2. The van der Waals surface area contributed by atoms with Crippen LogP contribution in [0.4, 0.5) is 0 Å². The summed E-state index contributed by atoms with van der Waals surface area (Å²) in [5.74, 6) is 0.745. The van der Waals surface area contributed by atoms with Gasteiger partial charge in [0.2, 0.25) is 0 Å². The van der Waals surface area contributed by atoms with Crippen LogP contribution in [0.3, 0.4) is 0 Å². The quantitative estimate of drug-likeness (QED) is 0.210. The average Bonchev–Trinajstić information content (AvgIpc) is 2.82. The Bertz CT molecular complexity index is 1320. The Hall–Kier alpha value is -3.37. The minimum absolute atomic E-state index is 0.0603. The molecular formula is C25H25BrN2O6S. The number of rotatable bonds is 10. The van der Waals surface area contributed by atoms with Crippen LogP contribution in [-0.4, -0.2) is 33.8 Å². The zero-order valence-corrected chi connectivity index (χ0v) is 21.9. The molecule has 0 aliphatic rings. The van der Waals surface area contributed by atoms with Crippen molar-refractivity contribution in [2.24, 2.45) is 5.10 Å². The molecule has 0 aromatic heterocycles. The molecule has 0 radical (unpaired) electrons. The molecule has 0 fully saturated rings. The highest BCUT2D eigenvalue weighted by Crippen LogP contribution is 2.29. The van der Waals surface area contributed by atoms with Gasteiger partial charge in [-0.3, -0.25) is 4.79 Å². The SMILES string of the molecule is CCOc1ccc(C(=O)N/N=C/c2ccc(OS(=O)(=O)c3ccc(C)cc3)c(Br)c2)cc1OCC. The Morgan fingerprint density at radius 2 is 1.60 bits per heavy atom. The molecule has 0 saturated carbocycles. The molecule has 0 saturated heterocycles. The number of hydrogen-bond acceptors (Lipinski definition) is 7. The van der Waals surface area contributed by atoms with Gasteiger partial charge in [0.15, 0.2) is 17.2 Å². The van der Waals surface area contributed by atoms with Crippen LogP contribution >= 0.6 is 15.9 Å². The monoisotopic (exact) mass is 560 g/mol. The lowest BCUT2D eigenvalue weighted by molar-refractivity contribution is 0.0954. The first kappa shape index (κ1) is 26.2. The average molecular weight is 561 g/mol. The van der Waals surface area contributed by atoms with Crippen molar-refractivity contribution in [2.75, 3.05) is 13.2 Å². The van der Waals surface area contributed by atoms with E-state index in [1.807, 2.05) is 20.8 Å². The maximum Gasteiger partial charge on any atom is 0.339 e. The molecule has 10 heteroatoms. The fraction of sp³-hybridized carbons (Fsp3) is 0.200. The third-order valence-electron chi connectivity index (χ3n) is 4.65. The molecule has 0 atom stereocenters. The van der Waals surface area contributed by atoms with Crippen molar-refractivity contribution in [3.63, 3.8) is 0 Å². The van der Waals surface area contributed by atoms with Gasteiger partial charge in [0.05, 0.1) is 23.9 Å². The number of hydrogen-bond donors (Lipinski definition) is 1. The molecule has 184 valence electrons. The molecule has 3 aromatic rings. The van der Waals surface area contributed by atoms with Crippen LogP contribution < -0.4 is 19.1 Å². The number of carbonyl (C=O) groups excluding carboxylic acids is 1. The predicted octanol–water partition coefficient (Wildman–Crippen LogP) is 5.09. The highest BCUT2D eigenvalue weighted by Gasteiger charge is 2.18. The Labute approximate surface area is 213 Å². The summed E-state index contributed by atoms with van der Waals surface area (Å²) in [6, 6.07) is 16.0. The van der Waals surface area contributed by atoms with Gasteiger partial charge in [-0.05, 0) is 90.8 Å². The molecular weight excluding hydrogens is 536 g/mol. The lowest BCUT2D eigenvalue weighted by Gasteiger charge is -2.11. The van der Waals surface area contributed by atoms with E-state index in [0.29, 0.717) is 40.3 Å². The van der Waals surface area contributed by atoms with Crippen LogP contribution in [0, 0.1) is 6.92 Å². The molecule has 0 heterocycles. The van der Waals surface area contributed by atoms with Crippen LogP contribution in [0.2, 0.25) is 0 Å². The number of benzene rings is 3. The number of ether oxygens (including phenoxy) is 2. The van der Waals surface area contributed by atoms with Crippen molar-refractivity contribution in [3.05, 3.63) is 81.8 Å². The molecule has 0 aliphatic heterocycles. The summed E-state index contributed by atoms with van der Waals surface area (Å²) in [6.07, 6.45) is 1.43. The third-order valence-corrected chi connectivity index (χ3v) is 6.52. The second-order valence-electron chi connectivity index (χ2n) is 7.27. The molecule has 0 spiro atoms. The van der Waals surface area contributed by atoms with Gasteiger partial charge < -0.3 is 13.7 Å². The largest absolute Gasteiger partial charge is 0.490 e. The van der Waals surface area contributed by atoms with E-state index < -0.39 is 16.0 Å². The van der Waals surface area contributed by atoms with Crippen LogP contribution in [-0.2, 0) is 10.1 Å². The van der Waals surface area contributed by atoms with E-state index in [0.717, 1.165) is 5.56 Å². The molecule has 1 N–H and O–H groups in total. The topological polar surface area (TPSA) is 103 Å². The standard InChI is InChI=1S/C25H25BrN2O6S/c1-4-32-23-13-9-19(15-24(23)33-5-2)25(29)28-27-16-18-8-12-22(21(26)14-18)34-35(30,31)20-10-6-17(3)7-11-20/h6-16H,4-5H2,1-3H3,(H,28,29)/b27-16+. The number of nitrogens with one attached hydrogen (secondary N) is 1. The predicted molar refractivity (Wildman–Crippen MR) is 137 cm³/mol. The molecule has 8 nitrogen and oxygen atoms in total. The third kappa shape index (κ3) is 7.06.